The number of likely N-dealkylation sites (tertiary alicyclic amines) is 1. The van der Waals surface area contributed by atoms with Crippen molar-refractivity contribution in [3.63, 3.8) is 0 Å². The first-order valence-corrected chi connectivity index (χ1v) is 12.7. The molecule has 9 heteroatoms. The van der Waals surface area contributed by atoms with Gasteiger partial charge >= 0.3 is 12.1 Å². The molecule has 0 aliphatic carbocycles. The number of hydrogen-bond donors (Lipinski definition) is 0. The van der Waals surface area contributed by atoms with Gasteiger partial charge in [0, 0.05) is 32.2 Å². The van der Waals surface area contributed by atoms with E-state index in [1.807, 2.05) is 4.90 Å². The minimum absolute atomic E-state index is 0.117. The fourth-order valence-corrected chi connectivity index (χ4v) is 6.66. The Kier molecular flexibility index (Phi) is 6.41. The van der Waals surface area contributed by atoms with E-state index in [0.717, 1.165) is 25.7 Å². The summed E-state index contributed by atoms with van der Waals surface area (Å²) in [4.78, 5) is 46.1. The number of amides is 4. The molecule has 0 saturated carbocycles. The second-order valence-electron chi connectivity index (χ2n) is 10.5. The average Bonchev–Trinajstić information content (AvgIpc) is 3.26. The van der Waals surface area contributed by atoms with E-state index in [4.69, 9.17) is 4.74 Å². The molecule has 4 amide bonds. The van der Waals surface area contributed by atoms with Crippen LogP contribution in [0.25, 0.3) is 0 Å². The molecule has 192 valence electrons. The van der Waals surface area contributed by atoms with Crippen molar-refractivity contribution in [3.8, 4) is 11.8 Å². The van der Waals surface area contributed by atoms with Crippen molar-refractivity contribution < 1.29 is 23.5 Å². The molecule has 3 fully saturated rings. The smallest absolute Gasteiger partial charge is 0.411 e. The zero-order chi connectivity index (χ0) is 25.6. The van der Waals surface area contributed by atoms with Gasteiger partial charge in [-0.2, -0.15) is 0 Å². The van der Waals surface area contributed by atoms with E-state index in [9.17, 15) is 18.8 Å². The number of carbonyl (C=O) groups excluding carboxylic acids is 3. The molecule has 1 spiro atoms. The van der Waals surface area contributed by atoms with Gasteiger partial charge in [-0.3, -0.25) is 4.79 Å². The standard InChI is InChI=1S/C27H33FN4O4/c1-4-5-14-36-26(35)31-19-7-8-20(31)17-21(16-19)30-12-10-27(11-13-30)22-15-18(28)6-9-23(22)32(24(27)33)25(34)29(2)3/h6,9,15,19-21H,7-8,10-14,16-17H2,1-3H3. The Hall–Kier alpha value is -3.12. The van der Waals surface area contributed by atoms with Crippen LogP contribution in [-0.2, 0) is 14.9 Å². The van der Waals surface area contributed by atoms with Gasteiger partial charge in [0.15, 0.2) is 6.61 Å². The molecule has 4 aliphatic rings. The molecule has 5 rings (SSSR count). The van der Waals surface area contributed by atoms with Crippen LogP contribution in [0.3, 0.4) is 0 Å². The maximum atomic E-state index is 14.3. The first-order chi connectivity index (χ1) is 17.3. The van der Waals surface area contributed by atoms with Crippen molar-refractivity contribution in [3.05, 3.63) is 29.6 Å². The lowest BCUT2D eigenvalue weighted by molar-refractivity contribution is -0.124. The van der Waals surface area contributed by atoms with Crippen LogP contribution in [-0.4, -0.2) is 84.6 Å². The van der Waals surface area contributed by atoms with Gasteiger partial charge in [0.2, 0.25) is 5.91 Å². The number of piperidine rings is 2. The number of hydrogen-bond acceptors (Lipinski definition) is 5. The zero-order valence-corrected chi connectivity index (χ0v) is 21.1. The molecule has 3 saturated heterocycles. The molecule has 8 nitrogen and oxygen atoms in total. The van der Waals surface area contributed by atoms with Crippen LogP contribution in [0.4, 0.5) is 19.7 Å². The number of fused-ring (bicyclic) bond motifs is 4. The molecule has 4 aliphatic heterocycles. The Labute approximate surface area is 211 Å². The van der Waals surface area contributed by atoms with E-state index in [-0.39, 0.29) is 30.7 Å². The van der Waals surface area contributed by atoms with E-state index < -0.39 is 17.3 Å². The summed E-state index contributed by atoms with van der Waals surface area (Å²) in [5.41, 5.74) is 0.227. The lowest BCUT2D eigenvalue weighted by Gasteiger charge is -2.46. The number of carbonyl (C=O) groups is 3. The predicted octanol–water partition coefficient (Wildman–Crippen LogP) is 3.34. The molecule has 1 aromatic rings. The van der Waals surface area contributed by atoms with Crippen LogP contribution >= 0.6 is 0 Å². The Morgan fingerprint density at radius 2 is 1.81 bits per heavy atom. The van der Waals surface area contributed by atoms with Crippen molar-refractivity contribution in [2.45, 2.75) is 69.0 Å². The molecular formula is C27H33FN4O4. The lowest BCUT2D eigenvalue weighted by Crippen LogP contribution is -2.57. The van der Waals surface area contributed by atoms with Crippen molar-refractivity contribution in [2.75, 3.05) is 38.7 Å². The van der Waals surface area contributed by atoms with E-state index in [0.29, 0.717) is 43.2 Å². The maximum Gasteiger partial charge on any atom is 0.411 e. The fraction of sp³-hybridized carbons (Fsp3) is 0.593. The van der Waals surface area contributed by atoms with Crippen LogP contribution in [0.2, 0.25) is 0 Å². The molecule has 0 aromatic heterocycles. The Balaban J connectivity index is 1.30. The number of urea groups is 1. The Morgan fingerprint density at radius 1 is 1.14 bits per heavy atom. The summed E-state index contributed by atoms with van der Waals surface area (Å²) in [5, 5.41) is 0. The van der Waals surface area contributed by atoms with E-state index in [2.05, 4.69) is 16.7 Å². The summed E-state index contributed by atoms with van der Waals surface area (Å²) in [6.07, 6.45) is 4.49. The van der Waals surface area contributed by atoms with E-state index in [1.165, 1.54) is 21.9 Å². The third-order valence-electron chi connectivity index (χ3n) is 8.43. The normalized spacial score (nSPS) is 26.4. The topological polar surface area (TPSA) is 73.4 Å². The van der Waals surface area contributed by atoms with Crippen LogP contribution in [0.1, 0.15) is 51.0 Å². The van der Waals surface area contributed by atoms with Gasteiger partial charge < -0.3 is 19.4 Å². The molecule has 0 N–H and O–H groups in total. The Bertz CT molecular complexity index is 1120. The number of benzene rings is 1. The molecule has 4 heterocycles. The number of nitrogens with zero attached hydrogens (tertiary/aromatic N) is 4. The van der Waals surface area contributed by atoms with Gasteiger partial charge in [0.1, 0.15) is 5.82 Å². The van der Waals surface area contributed by atoms with Gasteiger partial charge in [-0.15, -0.1) is 5.92 Å². The SMILES string of the molecule is CC#CCOC(=O)N1C2CCC1CC(N1CCC3(CC1)C(=O)N(C(=O)N(C)C)c1ccc(F)cc13)C2. The maximum absolute atomic E-state index is 14.3. The van der Waals surface area contributed by atoms with Gasteiger partial charge in [0.05, 0.1) is 11.1 Å². The van der Waals surface area contributed by atoms with Crippen molar-refractivity contribution in [2.24, 2.45) is 0 Å². The number of rotatable bonds is 2. The molecule has 1 aromatic carbocycles. The number of halogens is 1. The molecular weight excluding hydrogens is 463 g/mol. The van der Waals surface area contributed by atoms with Crippen molar-refractivity contribution in [1.29, 1.82) is 0 Å². The highest BCUT2D eigenvalue weighted by Crippen LogP contribution is 2.49. The summed E-state index contributed by atoms with van der Waals surface area (Å²) in [6.45, 7) is 3.21. The predicted molar refractivity (Wildman–Crippen MR) is 132 cm³/mol. The molecule has 2 atom stereocenters. The highest BCUT2D eigenvalue weighted by molar-refractivity contribution is 6.22. The molecule has 36 heavy (non-hydrogen) atoms. The molecule has 2 unspecified atom stereocenters. The van der Waals surface area contributed by atoms with Gasteiger partial charge in [-0.05, 0) is 82.3 Å². The largest absolute Gasteiger partial charge is 0.436 e. The quantitative estimate of drug-likeness (QED) is 0.588. The van der Waals surface area contributed by atoms with Crippen LogP contribution in [0, 0.1) is 17.7 Å². The lowest BCUT2D eigenvalue weighted by atomic mass is 9.73. The summed E-state index contributed by atoms with van der Waals surface area (Å²) in [6, 6.07) is 4.50. The van der Waals surface area contributed by atoms with Crippen LogP contribution < -0.4 is 4.90 Å². The number of anilines is 1. The molecule has 2 bridgehead atoms. The van der Waals surface area contributed by atoms with Gasteiger partial charge in [0.25, 0.3) is 0 Å². The highest BCUT2D eigenvalue weighted by Gasteiger charge is 2.55. The summed E-state index contributed by atoms with van der Waals surface area (Å²) in [5.74, 6) is 4.86. The number of ether oxygens (including phenoxy) is 1. The first-order valence-electron chi connectivity index (χ1n) is 12.7. The van der Waals surface area contributed by atoms with Crippen molar-refractivity contribution in [1.82, 2.24) is 14.7 Å². The monoisotopic (exact) mass is 496 g/mol. The van der Waals surface area contributed by atoms with E-state index in [1.54, 1.807) is 27.1 Å². The minimum Gasteiger partial charge on any atom is -0.436 e. The second kappa shape index (κ2) is 9.40. The summed E-state index contributed by atoms with van der Waals surface area (Å²) < 4.78 is 19.6. The van der Waals surface area contributed by atoms with Crippen LogP contribution in [0.15, 0.2) is 18.2 Å². The first kappa shape index (κ1) is 24.6. The van der Waals surface area contributed by atoms with Crippen molar-refractivity contribution >= 4 is 23.7 Å². The summed E-state index contributed by atoms with van der Waals surface area (Å²) in [7, 11) is 3.22. The van der Waals surface area contributed by atoms with Gasteiger partial charge in [-0.25, -0.2) is 18.9 Å². The minimum atomic E-state index is -0.886. The van der Waals surface area contributed by atoms with E-state index >= 15 is 0 Å². The molecule has 0 radical (unpaired) electrons. The fourth-order valence-electron chi connectivity index (χ4n) is 6.66. The summed E-state index contributed by atoms with van der Waals surface area (Å²) >= 11 is 0. The third-order valence-corrected chi connectivity index (χ3v) is 8.43. The third kappa shape index (κ3) is 3.92. The average molecular weight is 497 g/mol. The van der Waals surface area contributed by atoms with Crippen LogP contribution in [0.5, 0.6) is 0 Å². The Morgan fingerprint density at radius 3 is 2.42 bits per heavy atom. The second-order valence-corrected chi connectivity index (χ2v) is 10.5. The number of imide groups is 1. The highest BCUT2D eigenvalue weighted by atomic mass is 19.1. The van der Waals surface area contributed by atoms with Gasteiger partial charge in [-0.1, -0.05) is 5.92 Å². The zero-order valence-electron chi connectivity index (χ0n) is 21.1.